The van der Waals surface area contributed by atoms with Gasteiger partial charge in [0, 0.05) is 0 Å². The van der Waals surface area contributed by atoms with Gasteiger partial charge in [0.2, 0.25) is 0 Å². The lowest BCUT2D eigenvalue weighted by atomic mass is 10.1. The van der Waals surface area contributed by atoms with Gasteiger partial charge >= 0.3 is 41.6 Å². The Hall–Kier alpha value is -3.32. The summed E-state index contributed by atoms with van der Waals surface area (Å²) >= 11 is 0. The molecule has 0 spiro atoms. The van der Waals surface area contributed by atoms with E-state index < -0.39 is 54.9 Å². The molecule has 1 aromatic rings. The molecule has 0 N–H and O–H groups in total. The zero-order valence-corrected chi connectivity index (χ0v) is 15.2. The highest BCUT2D eigenvalue weighted by Crippen LogP contribution is 2.47. The summed E-state index contributed by atoms with van der Waals surface area (Å²) in [6.07, 6.45) is 0. The van der Waals surface area contributed by atoms with Gasteiger partial charge in [-0.05, 0) is 24.3 Å². The molecule has 0 amide bonds. The highest BCUT2D eigenvalue weighted by atomic mass is 19.3. The van der Waals surface area contributed by atoms with Crippen molar-refractivity contribution in [3.05, 3.63) is 35.4 Å². The lowest BCUT2D eigenvalue weighted by molar-refractivity contribution is -0.297. The van der Waals surface area contributed by atoms with Gasteiger partial charge in [-0.2, -0.15) is 26.3 Å². The monoisotopic (exact) mass is 458 g/mol. The molecule has 0 unspecified atom stereocenters. The summed E-state index contributed by atoms with van der Waals surface area (Å²) in [5.41, 5.74) is 0.895. The molecule has 14 heteroatoms. The number of esters is 4. The third-order valence-electron chi connectivity index (χ3n) is 3.76. The average molecular weight is 458 g/mol. The molecule has 1 saturated heterocycles. The average Bonchev–Trinajstić information content (AvgIpc) is 2.74. The number of alkyl halides is 6. The summed E-state index contributed by atoms with van der Waals surface area (Å²) in [6.45, 7) is -1.84. The Balaban J connectivity index is 0.000000224. The normalized spacial score (nSPS) is 22.1. The fourth-order valence-electron chi connectivity index (χ4n) is 2.08. The van der Waals surface area contributed by atoms with Crippen LogP contribution in [0.3, 0.4) is 0 Å². The number of halogens is 6. The van der Waals surface area contributed by atoms with Crippen LogP contribution in [-0.2, 0) is 28.5 Å². The number of rotatable bonds is 0. The summed E-state index contributed by atoms with van der Waals surface area (Å²) in [5.74, 6) is -24.4. The number of cyclic esters (lactones) is 2. The van der Waals surface area contributed by atoms with E-state index in [0.29, 0.717) is 11.1 Å². The molecule has 0 aromatic heterocycles. The van der Waals surface area contributed by atoms with Crippen molar-refractivity contribution in [2.24, 2.45) is 0 Å². The predicted octanol–water partition coefficient (Wildman–Crippen LogP) is 2.01. The predicted molar refractivity (Wildman–Crippen MR) is 83.8 cm³/mol. The summed E-state index contributed by atoms with van der Waals surface area (Å²) < 4.78 is 93.4. The Morgan fingerprint density at radius 2 is 0.839 bits per heavy atom. The van der Waals surface area contributed by atoms with Gasteiger partial charge < -0.3 is 18.9 Å². The lowest BCUT2D eigenvalue weighted by Crippen LogP contribution is -2.61. The van der Waals surface area contributed by atoms with E-state index in [1.807, 2.05) is 0 Å². The summed E-state index contributed by atoms with van der Waals surface area (Å²) in [6, 6.07) is 6.18. The molecular formula is C17H12F6O8. The molecule has 3 heterocycles. The molecule has 0 radical (unpaired) electrons. The summed E-state index contributed by atoms with van der Waals surface area (Å²) in [7, 11) is 0. The van der Waals surface area contributed by atoms with E-state index in [1.54, 1.807) is 24.3 Å². The minimum absolute atomic E-state index is 0.100. The van der Waals surface area contributed by atoms with Gasteiger partial charge in [0.1, 0.15) is 26.4 Å². The van der Waals surface area contributed by atoms with Gasteiger partial charge in [0.05, 0.1) is 11.1 Å². The molecule has 8 nitrogen and oxygen atoms in total. The molecule has 0 atom stereocenters. The molecule has 1 fully saturated rings. The number of fused-ring (bicyclic) bond motifs is 7. The molecule has 31 heavy (non-hydrogen) atoms. The highest BCUT2D eigenvalue weighted by molar-refractivity contribution is 5.93. The SMILES string of the molecule is O=C1OCCOC(=O)C(F)(F)C(F)(F)C1(F)F.O=C1OCCOC(=O)c2ccc1cc2. The van der Waals surface area contributed by atoms with Crippen LogP contribution in [0, 0.1) is 0 Å². The Morgan fingerprint density at radius 3 is 1.16 bits per heavy atom. The Labute approximate surface area is 169 Å². The zero-order valence-electron chi connectivity index (χ0n) is 15.2. The van der Waals surface area contributed by atoms with E-state index in [0.717, 1.165) is 0 Å². The van der Waals surface area contributed by atoms with Crippen molar-refractivity contribution >= 4 is 23.9 Å². The fourth-order valence-corrected chi connectivity index (χ4v) is 2.08. The molecule has 170 valence electrons. The maximum atomic E-state index is 12.8. The van der Waals surface area contributed by atoms with E-state index >= 15 is 0 Å². The van der Waals surface area contributed by atoms with Crippen molar-refractivity contribution in [1.82, 2.24) is 0 Å². The van der Waals surface area contributed by atoms with E-state index in [1.165, 1.54) is 0 Å². The van der Waals surface area contributed by atoms with Crippen molar-refractivity contribution in [2.45, 2.75) is 17.8 Å². The van der Waals surface area contributed by atoms with Gasteiger partial charge in [-0.3, -0.25) is 0 Å². The zero-order chi connectivity index (χ0) is 23.4. The quantitative estimate of drug-likeness (QED) is 0.330. The number of hydrogen-bond donors (Lipinski definition) is 0. The van der Waals surface area contributed by atoms with E-state index in [-0.39, 0.29) is 13.2 Å². The number of ether oxygens (including phenoxy) is 4. The molecule has 4 rings (SSSR count). The molecule has 3 aliphatic rings. The maximum absolute atomic E-state index is 12.8. The second-order valence-electron chi connectivity index (χ2n) is 5.84. The lowest BCUT2D eigenvalue weighted by Gasteiger charge is -2.28. The Bertz CT molecular complexity index is 799. The standard InChI is InChI=1S/C10H8O4.C7H4F6O4/c11-9-7-1-2-8(4-3-7)10(12)14-6-5-13-9;8-5(9)3(14)16-1-2-17-4(15)6(10,11)7(5,12)13/h1-4H,5-6H2;1-2H2. The smallest absolute Gasteiger partial charge is 0.411 e. The molecule has 0 aliphatic carbocycles. The van der Waals surface area contributed by atoms with Crippen molar-refractivity contribution in [3.8, 4) is 0 Å². The maximum Gasteiger partial charge on any atom is 0.411 e. The van der Waals surface area contributed by atoms with Crippen LogP contribution in [0.2, 0.25) is 0 Å². The van der Waals surface area contributed by atoms with E-state index in [4.69, 9.17) is 9.47 Å². The molecule has 2 bridgehead atoms. The number of hydrogen-bond acceptors (Lipinski definition) is 8. The fraction of sp³-hybridized carbons (Fsp3) is 0.412. The van der Waals surface area contributed by atoms with Gasteiger partial charge in [0.15, 0.2) is 0 Å². The number of carbonyl (C=O) groups is 4. The number of benzene rings is 1. The van der Waals surface area contributed by atoms with Gasteiger partial charge in [-0.1, -0.05) is 0 Å². The van der Waals surface area contributed by atoms with Crippen LogP contribution in [0.15, 0.2) is 24.3 Å². The van der Waals surface area contributed by atoms with Crippen molar-refractivity contribution in [3.63, 3.8) is 0 Å². The minimum Gasteiger partial charge on any atom is -0.458 e. The van der Waals surface area contributed by atoms with Crippen molar-refractivity contribution in [1.29, 1.82) is 0 Å². The van der Waals surface area contributed by atoms with E-state index in [9.17, 15) is 45.5 Å². The molecular weight excluding hydrogens is 446 g/mol. The molecule has 3 aliphatic heterocycles. The van der Waals surface area contributed by atoms with Crippen LogP contribution in [-0.4, -0.2) is 68.1 Å². The first kappa shape index (κ1) is 24.0. The number of carbonyl (C=O) groups excluding carboxylic acids is 4. The Kier molecular flexibility index (Phi) is 6.81. The van der Waals surface area contributed by atoms with Crippen molar-refractivity contribution < 1.29 is 64.5 Å². The molecule has 1 aromatic carbocycles. The van der Waals surface area contributed by atoms with Crippen LogP contribution in [0.25, 0.3) is 0 Å². The van der Waals surface area contributed by atoms with Gasteiger partial charge in [0.25, 0.3) is 0 Å². The minimum atomic E-state index is -6.24. The van der Waals surface area contributed by atoms with Crippen LogP contribution in [0.5, 0.6) is 0 Å². The van der Waals surface area contributed by atoms with Crippen molar-refractivity contribution in [2.75, 3.05) is 26.4 Å². The van der Waals surface area contributed by atoms with Gasteiger partial charge in [-0.15, -0.1) is 0 Å². The second-order valence-corrected chi connectivity index (χ2v) is 5.84. The summed E-state index contributed by atoms with van der Waals surface area (Å²) in [4.78, 5) is 43.5. The van der Waals surface area contributed by atoms with E-state index in [2.05, 4.69) is 9.47 Å². The van der Waals surface area contributed by atoms with Crippen LogP contribution in [0.4, 0.5) is 26.3 Å². The largest absolute Gasteiger partial charge is 0.458 e. The van der Waals surface area contributed by atoms with Crippen LogP contribution < -0.4 is 0 Å². The second kappa shape index (κ2) is 8.81. The third-order valence-corrected chi connectivity index (χ3v) is 3.76. The van der Waals surface area contributed by atoms with Crippen LogP contribution in [0.1, 0.15) is 20.7 Å². The summed E-state index contributed by atoms with van der Waals surface area (Å²) in [5, 5.41) is 0. The molecule has 0 saturated carbocycles. The third kappa shape index (κ3) is 4.72. The first-order valence-corrected chi connectivity index (χ1v) is 8.24. The highest BCUT2D eigenvalue weighted by Gasteiger charge is 2.79. The first-order chi connectivity index (χ1) is 14.3. The first-order valence-electron chi connectivity index (χ1n) is 8.24. The topological polar surface area (TPSA) is 105 Å². The van der Waals surface area contributed by atoms with Gasteiger partial charge in [-0.25, -0.2) is 19.2 Å². The Morgan fingerprint density at radius 1 is 0.548 bits per heavy atom. The van der Waals surface area contributed by atoms with Crippen LogP contribution >= 0.6 is 0 Å².